The van der Waals surface area contributed by atoms with Gasteiger partial charge in [-0.05, 0) is 50.1 Å². The molecule has 3 aromatic rings. The number of para-hydroxylation sites is 1. The quantitative estimate of drug-likeness (QED) is 0.654. The Kier molecular flexibility index (Phi) is 4.93. The Morgan fingerprint density at radius 2 is 1.89 bits per heavy atom. The molecule has 0 bridgehead atoms. The van der Waals surface area contributed by atoms with Crippen molar-refractivity contribution in [3.05, 3.63) is 66.4 Å². The van der Waals surface area contributed by atoms with E-state index in [1.165, 1.54) is 6.20 Å². The number of sulfone groups is 1. The van der Waals surface area contributed by atoms with Gasteiger partial charge in [0.1, 0.15) is 5.67 Å². The summed E-state index contributed by atoms with van der Waals surface area (Å²) in [5, 5.41) is 0.773. The Balaban J connectivity index is 1.67. The molecule has 2 heterocycles. The van der Waals surface area contributed by atoms with Crippen LogP contribution in [0.4, 0.5) is 4.39 Å². The minimum absolute atomic E-state index is 0.178. The van der Waals surface area contributed by atoms with Crippen molar-refractivity contribution < 1.29 is 12.8 Å². The zero-order valence-electron chi connectivity index (χ0n) is 15.8. The molecule has 4 rings (SSSR count). The fourth-order valence-electron chi connectivity index (χ4n) is 3.89. The van der Waals surface area contributed by atoms with Crippen LogP contribution >= 0.6 is 0 Å². The van der Waals surface area contributed by atoms with Crippen molar-refractivity contribution in [3.8, 4) is 0 Å². The molecule has 0 amide bonds. The van der Waals surface area contributed by atoms with Crippen LogP contribution < -0.4 is 0 Å². The third-order valence-corrected chi connectivity index (χ3v) is 6.99. The van der Waals surface area contributed by atoms with Crippen molar-refractivity contribution in [2.24, 2.45) is 0 Å². The second-order valence-corrected chi connectivity index (χ2v) is 9.65. The topological polar surface area (TPSA) is 50.3 Å². The van der Waals surface area contributed by atoms with Gasteiger partial charge >= 0.3 is 0 Å². The number of aromatic nitrogens is 1. The number of hydrogen-bond donors (Lipinski definition) is 0. The van der Waals surface area contributed by atoms with E-state index in [1.54, 1.807) is 43.3 Å². The smallest absolute Gasteiger partial charge is 0.208 e. The summed E-state index contributed by atoms with van der Waals surface area (Å²) < 4.78 is 40.1. The third-order valence-electron chi connectivity index (χ3n) is 5.25. The highest BCUT2D eigenvalue weighted by Crippen LogP contribution is 2.28. The summed E-state index contributed by atoms with van der Waals surface area (Å²) >= 11 is 0. The molecule has 1 atom stereocenters. The Hall–Kier alpha value is -2.31. The summed E-state index contributed by atoms with van der Waals surface area (Å²) in [4.78, 5) is 7.01. The molecule has 1 saturated heterocycles. The maximum absolute atomic E-state index is 14.4. The lowest BCUT2D eigenvalue weighted by molar-refractivity contribution is 0.0565. The molecule has 2 aromatic carbocycles. The van der Waals surface area contributed by atoms with Crippen LogP contribution in [0.3, 0.4) is 0 Å². The number of piperidine rings is 1. The first kappa shape index (κ1) is 19.0. The summed E-state index contributed by atoms with van der Waals surface area (Å²) in [6.45, 7) is 3.52. The first-order valence-electron chi connectivity index (χ1n) is 9.44. The van der Waals surface area contributed by atoms with Crippen LogP contribution in [-0.4, -0.2) is 37.1 Å². The minimum atomic E-state index is -3.61. The Bertz CT molecular complexity index is 1100. The average Bonchev–Trinajstić information content (AvgIpc) is 2.68. The molecule has 1 unspecified atom stereocenters. The molecule has 0 aliphatic carbocycles. The van der Waals surface area contributed by atoms with Gasteiger partial charge in [-0.25, -0.2) is 12.8 Å². The maximum atomic E-state index is 14.4. The SMILES string of the molecule is CC1(F)CCCN(Cc2cccc3cc(S(=O)(=O)c4ccccc4)cnc23)C1. The van der Waals surface area contributed by atoms with Gasteiger partial charge in [-0.2, -0.15) is 0 Å². The predicted molar refractivity (Wildman–Crippen MR) is 108 cm³/mol. The monoisotopic (exact) mass is 398 g/mol. The summed E-state index contributed by atoms with van der Waals surface area (Å²) in [6, 6.07) is 15.8. The molecule has 4 nitrogen and oxygen atoms in total. The number of fused-ring (bicyclic) bond motifs is 1. The molecular formula is C22H23FN2O2S. The highest BCUT2D eigenvalue weighted by Gasteiger charge is 2.30. The molecule has 6 heteroatoms. The highest BCUT2D eigenvalue weighted by atomic mass is 32.2. The molecule has 1 aliphatic rings. The van der Waals surface area contributed by atoms with E-state index >= 15 is 0 Å². The van der Waals surface area contributed by atoms with E-state index in [1.807, 2.05) is 18.2 Å². The first-order valence-corrected chi connectivity index (χ1v) is 10.9. The number of pyridine rings is 1. The lowest BCUT2D eigenvalue weighted by Crippen LogP contribution is -2.42. The normalized spacial score (nSPS) is 21.1. The average molecular weight is 399 g/mol. The van der Waals surface area contributed by atoms with Crippen LogP contribution in [0.1, 0.15) is 25.3 Å². The molecule has 1 aromatic heterocycles. The van der Waals surface area contributed by atoms with E-state index < -0.39 is 15.5 Å². The summed E-state index contributed by atoms with van der Waals surface area (Å²) in [6.07, 6.45) is 2.85. The molecule has 0 N–H and O–H groups in total. The zero-order chi connectivity index (χ0) is 19.8. The standard InChI is InChI=1S/C22H23FN2O2S/c1-22(23)11-6-12-25(16-22)15-18-8-5-7-17-13-20(14-24-21(17)18)28(26,27)19-9-3-2-4-10-19/h2-5,7-10,13-14H,6,11-12,15-16H2,1H3. The summed E-state index contributed by atoms with van der Waals surface area (Å²) in [7, 11) is -3.61. The molecular weight excluding hydrogens is 375 g/mol. The van der Waals surface area contributed by atoms with Crippen molar-refractivity contribution in [2.45, 2.75) is 41.8 Å². The van der Waals surface area contributed by atoms with Crippen LogP contribution in [0.2, 0.25) is 0 Å². The number of alkyl halides is 1. The number of likely N-dealkylation sites (tertiary alicyclic amines) is 1. The van der Waals surface area contributed by atoms with Gasteiger partial charge < -0.3 is 0 Å². The summed E-state index contributed by atoms with van der Waals surface area (Å²) in [5.41, 5.74) is 0.590. The van der Waals surface area contributed by atoms with E-state index in [4.69, 9.17) is 0 Å². The van der Waals surface area contributed by atoms with Gasteiger partial charge in [-0.3, -0.25) is 9.88 Å². The van der Waals surface area contributed by atoms with Crippen LogP contribution in [0.5, 0.6) is 0 Å². The van der Waals surface area contributed by atoms with Gasteiger partial charge in [0.05, 0.1) is 15.3 Å². The zero-order valence-corrected chi connectivity index (χ0v) is 16.6. The van der Waals surface area contributed by atoms with Gasteiger partial charge in [-0.15, -0.1) is 0 Å². The van der Waals surface area contributed by atoms with Gasteiger partial charge in [0.25, 0.3) is 0 Å². The van der Waals surface area contributed by atoms with E-state index in [2.05, 4.69) is 9.88 Å². The van der Waals surface area contributed by atoms with E-state index in [9.17, 15) is 12.8 Å². The maximum Gasteiger partial charge on any atom is 0.208 e. The Morgan fingerprint density at radius 1 is 1.11 bits per heavy atom. The number of hydrogen-bond acceptors (Lipinski definition) is 4. The number of nitrogens with zero attached hydrogens (tertiary/aromatic N) is 2. The van der Waals surface area contributed by atoms with Crippen molar-refractivity contribution in [3.63, 3.8) is 0 Å². The van der Waals surface area contributed by atoms with Crippen molar-refractivity contribution in [1.82, 2.24) is 9.88 Å². The van der Waals surface area contributed by atoms with E-state index in [-0.39, 0.29) is 9.79 Å². The van der Waals surface area contributed by atoms with E-state index in [0.29, 0.717) is 19.5 Å². The number of benzene rings is 2. The first-order chi connectivity index (χ1) is 13.4. The highest BCUT2D eigenvalue weighted by molar-refractivity contribution is 7.91. The predicted octanol–water partition coefficient (Wildman–Crippen LogP) is 4.39. The fourth-order valence-corrected chi connectivity index (χ4v) is 5.15. The van der Waals surface area contributed by atoms with Crippen LogP contribution in [-0.2, 0) is 16.4 Å². The largest absolute Gasteiger partial charge is 0.296 e. The number of rotatable bonds is 4. The van der Waals surface area contributed by atoms with Crippen LogP contribution in [0.25, 0.3) is 10.9 Å². The van der Waals surface area contributed by atoms with Crippen molar-refractivity contribution in [2.75, 3.05) is 13.1 Å². The third kappa shape index (κ3) is 3.80. The fraction of sp³-hybridized carbons (Fsp3) is 0.318. The molecule has 0 spiro atoms. The van der Waals surface area contributed by atoms with Gasteiger partial charge in [0.15, 0.2) is 0 Å². The van der Waals surface area contributed by atoms with E-state index in [0.717, 1.165) is 29.4 Å². The number of halogens is 1. The van der Waals surface area contributed by atoms with Crippen LogP contribution in [0.15, 0.2) is 70.6 Å². The van der Waals surface area contributed by atoms with Gasteiger partial charge in [-0.1, -0.05) is 36.4 Å². The van der Waals surface area contributed by atoms with Crippen molar-refractivity contribution >= 4 is 20.7 Å². The second-order valence-electron chi connectivity index (χ2n) is 7.70. The molecule has 1 aliphatic heterocycles. The van der Waals surface area contributed by atoms with Gasteiger partial charge in [0, 0.05) is 24.7 Å². The summed E-state index contributed by atoms with van der Waals surface area (Å²) in [5.74, 6) is 0. The molecule has 0 radical (unpaired) electrons. The molecule has 28 heavy (non-hydrogen) atoms. The second kappa shape index (κ2) is 7.26. The molecule has 1 fully saturated rings. The Morgan fingerprint density at radius 3 is 2.64 bits per heavy atom. The Labute approximate surface area is 164 Å². The minimum Gasteiger partial charge on any atom is -0.296 e. The lowest BCUT2D eigenvalue weighted by Gasteiger charge is -2.35. The van der Waals surface area contributed by atoms with Crippen molar-refractivity contribution in [1.29, 1.82) is 0 Å². The van der Waals surface area contributed by atoms with Crippen LogP contribution in [0, 0.1) is 0 Å². The molecule has 146 valence electrons. The van der Waals surface area contributed by atoms with Gasteiger partial charge in [0.2, 0.25) is 9.84 Å². The molecule has 0 saturated carbocycles. The lowest BCUT2D eigenvalue weighted by atomic mass is 9.96.